The molecule has 1 aromatic rings. The van der Waals surface area contributed by atoms with Crippen molar-refractivity contribution in [2.75, 3.05) is 0 Å². The van der Waals surface area contributed by atoms with Gasteiger partial charge in [-0.15, -0.1) is 11.8 Å². The van der Waals surface area contributed by atoms with Gasteiger partial charge >= 0.3 is 0 Å². The molecule has 15 heavy (non-hydrogen) atoms. The molecular weight excluding hydrogens is 230 g/mol. The Balaban J connectivity index is 1.81. The summed E-state index contributed by atoms with van der Waals surface area (Å²) in [5, 5.41) is 1.06. The van der Waals surface area contributed by atoms with Crippen LogP contribution in [0.5, 0.6) is 0 Å². The average Bonchev–Trinajstić information content (AvgIpc) is 2.63. The third-order valence-corrected chi connectivity index (χ3v) is 4.49. The van der Waals surface area contributed by atoms with Gasteiger partial charge in [-0.25, -0.2) is 0 Å². The van der Waals surface area contributed by atoms with Crippen molar-refractivity contribution in [3.63, 3.8) is 0 Å². The van der Waals surface area contributed by atoms with Gasteiger partial charge in [-0.3, -0.25) is 0 Å². The van der Waals surface area contributed by atoms with Gasteiger partial charge < -0.3 is 10.2 Å². The Morgan fingerprint density at radius 2 is 2.20 bits per heavy atom. The van der Waals surface area contributed by atoms with Crippen LogP contribution in [0.15, 0.2) is 16.5 Å². The van der Waals surface area contributed by atoms with Gasteiger partial charge in [0.15, 0.2) is 5.22 Å². The van der Waals surface area contributed by atoms with Crippen LogP contribution in [0.3, 0.4) is 0 Å². The van der Waals surface area contributed by atoms with Gasteiger partial charge in [0.2, 0.25) is 0 Å². The van der Waals surface area contributed by atoms with Crippen molar-refractivity contribution in [1.29, 1.82) is 0 Å². The smallest absolute Gasteiger partial charge is 0.193 e. The van der Waals surface area contributed by atoms with Gasteiger partial charge in [-0.2, -0.15) is 0 Å². The van der Waals surface area contributed by atoms with Gasteiger partial charge in [0.05, 0.1) is 5.75 Å². The molecule has 1 aliphatic carbocycles. The Morgan fingerprint density at radius 1 is 1.40 bits per heavy atom. The molecule has 84 valence electrons. The van der Waals surface area contributed by atoms with Crippen molar-refractivity contribution in [1.82, 2.24) is 0 Å². The predicted molar refractivity (Wildman–Crippen MR) is 65.2 cm³/mol. The van der Waals surface area contributed by atoms with Crippen molar-refractivity contribution < 1.29 is 4.42 Å². The summed E-state index contributed by atoms with van der Waals surface area (Å²) in [6, 6.07) is 4.08. The van der Waals surface area contributed by atoms with Crippen LogP contribution >= 0.6 is 23.4 Å². The minimum absolute atomic E-state index is 0.356. The summed E-state index contributed by atoms with van der Waals surface area (Å²) in [5.74, 6) is 1.83. The van der Waals surface area contributed by atoms with E-state index in [4.69, 9.17) is 21.8 Å². The van der Waals surface area contributed by atoms with E-state index in [0.717, 1.165) is 17.9 Å². The third-order valence-electron chi connectivity index (χ3n) is 2.82. The highest BCUT2D eigenvalue weighted by Gasteiger charge is 2.22. The minimum Gasteiger partial charge on any atom is -0.449 e. The molecule has 2 unspecified atom stereocenters. The lowest BCUT2D eigenvalue weighted by Gasteiger charge is -2.27. The normalized spacial score (nSPS) is 26.8. The molecule has 2 rings (SSSR count). The zero-order chi connectivity index (χ0) is 10.7. The summed E-state index contributed by atoms with van der Waals surface area (Å²) in [5.41, 5.74) is 6.07. The van der Waals surface area contributed by atoms with E-state index in [1.54, 1.807) is 6.07 Å². The zero-order valence-corrected chi connectivity index (χ0v) is 10.2. The molecule has 0 radical (unpaired) electrons. The van der Waals surface area contributed by atoms with Crippen molar-refractivity contribution >= 4 is 23.4 Å². The number of thioether (sulfide) groups is 1. The van der Waals surface area contributed by atoms with E-state index in [1.807, 2.05) is 17.8 Å². The largest absolute Gasteiger partial charge is 0.449 e. The van der Waals surface area contributed by atoms with Crippen LogP contribution in [0, 0.1) is 0 Å². The molecule has 1 saturated carbocycles. The Labute approximate surface area is 99.5 Å². The van der Waals surface area contributed by atoms with E-state index in [0.29, 0.717) is 16.5 Å². The average molecular weight is 246 g/mol. The van der Waals surface area contributed by atoms with Gasteiger partial charge in [0, 0.05) is 11.3 Å². The molecule has 1 aliphatic rings. The van der Waals surface area contributed by atoms with Crippen molar-refractivity contribution in [2.45, 2.75) is 42.7 Å². The Morgan fingerprint density at radius 3 is 2.87 bits per heavy atom. The molecule has 0 amide bonds. The van der Waals surface area contributed by atoms with Crippen LogP contribution in [0.25, 0.3) is 0 Å². The topological polar surface area (TPSA) is 39.2 Å². The minimum atomic E-state index is 0.356. The monoisotopic (exact) mass is 245 g/mol. The second-order valence-corrected chi connectivity index (χ2v) is 5.60. The first-order valence-electron chi connectivity index (χ1n) is 5.37. The number of hydrogen-bond donors (Lipinski definition) is 1. The molecule has 1 aromatic heterocycles. The lowest BCUT2D eigenvalue weighted by Crippen LogP contribution is -2.35. The summed E-state index contributed by atoms with van der Waals surface area (Å²) >= 11 is 7.60. The highest BCUT2D eigenvalue weighted by atomic mass is 35.5. The van der Waals surface area contributed by atoms with Gasteiger partial charge in [0.1, 0.15) is 5.76 Å². The van der Waals surface area contributed by atoms with Crippen molar-refractivity contribution in [3.05, 3.63) is 23.1 Å². The van der Waals surface area contributed by atoms with Crippen LogP contribution in [0.2, 0.25) is 5.22 Å². The fourth-order valence-electron chi connectivity index (χ4n) is 1.95. The standard InChI is InChI=1S/C11H16ClNOS/c12-11-6-5-8(14-11)7-15-10-4-2-1-3-9(10)13/h5-6,9-10H,1-4,7,13H2. The Bertz CT molecular complexity index is 315. The van der Waals surface area contributed by atoms with Crippen LogP contribution in [-0.2, 0) is 5.75 Å². The van der Waals surface area contributed by atoms with Crippen LogP contribution in [-0.4, -0.2) is 11.3 Å². The lowest BCUT2D eigenvalue weighted by atomic mass is 9.96. The molecule has 0 aromatic carbocycles. The van der Waals surface area contributed by atoms with Crippen LogP contribution in [0.4, 0.5) is 0 Å². The molecule has 4 heteroatoms. The van der Waals surface area contributed by atoms with Crippen LogP contribution in [0.1, 0.15) is 31.4 Å². The lowest BCUT2D eigenvalue weighted by molar-refractivity contribution is 0.452. The summed E-state index contributed by atoms with van der Waals surface area (Å²) in [7, 11) is 0. The summed E-state index contributed by atoms with van der Waals surface area (Å²) < 4.78 is 5.31. The molecule has 0 saturated heterocycles. The van der Waals surface area contributed by atoms with E-state index in [1.165, 1.54) is 19.3 Å². The SMILES string of the molecule is NC1CCCCC1SCc1ccc(Cl)o1. The summed E-state index contributed by atoms with van der Waals surface area (Å²) in [4.78, 5) is 0. The second-order valence-electron chi connectivity index (χ2n) is 4.00. The van der Waals surface area contributed by atoms with Crippen molar-refractivity contribution in [3.8, 4) is 0 Å². The molecule has 0 aliphatic heterocycles. The number of halogens is 1. The fourth-order valence-corrected chi connectivity index (χ4v) is 3.36. The Kier molecular flexibility index (Phi) is 4.00. The molecule has 1 heterocycles. The highest BCUT2D eigenvalue weighted by molar-refractivity contribution is 7.99. The molecule has 0 bridgehead atoms. The number of furan rings is 1. The zero-order valence-electron chi connectivity index (χ0n) is 8.62. The molecule has 2 N–H and O–H groups in total. The van der Waals surface area contributed by atoms with E-state index in [9.17, 15) is 0 Å². The maximum Gasteiger partial charge on any atom is 0.193 e. The molecular formula is C11H16ClNOS. The first-order chi connectivity index (χ1) is 7.25. The Hall–Kier alpha value is -0.120. The fraction of sp³-hybridized carbons (Fsp3) is 0.636. The predicted octanol–water partition coefficient (Wildman–Crippen LogP) is 3.44. The number of hydrogen-bond acceptors (Lipinski definition) is 3. The molecule has 2 atom stereocenters. The van der Waals surface area contributed by atoms with Gasteiger partial charge in [-0.05, 0) is 36.6 Å². The highest BCUT2D eigenvalue weighted by Crippen LogP contribution is 2.30. The molecule has 0 spiro atoms. The third kappa shape index (κ3) is 3.16. The summed E-state index contributed by atoms with van der Waals surface area (Å²) in [6.45, 7) is 0. The van der Waals surface area contributed by atoms with E-state index < -0.39 is 0 Å². The first kappa shape index (κ1) is 11.4. The van der Waals surface area contributed by atoms with E-state index in [2.05, 4.69) is 0 Å². The van der Waals surface area contributed by atoms with E-state index in [-0.39, 0.29) is 0 Å². The second kappa shape index (κ2) is 5.28. The van der Waals surface area contributed by atoms with Crippen LogP contribution < -0.4 is 5.73 Å². The van der Waals surface area contributed by atoms with Crippen molar-refractivity contribution in [2.24, 2.45) is 5.73 Å². The van der Waals surface area contributed by atoms with Gasteiger partial charge in [-0.1, -0.05) is 12.8 Å². The maximum atomic E-state index is 6.07. The molecule has 1 fully saturated rings. The number of nitrogens with two attached hydrogens (primary N) is 1. The summed E-state index contributed by atoms with van der Waals surface area (Å²) in [6.07, 6.45) is 4.99. The number of rotatable bonds is 3. The molecule has 2 nitrogen and oxygen atoms in total. The van der Waals surface area contributed by atoms with E-state index >= 15 is 0 Å². The maximum absolute atomic E-state index is 6.07. The first-order valence-corrected chi connectivity index (χ1v) is 6.80. The van der Waals surface area contributed by atoms with Gasteiger partial charge in [0.25, 0.3) is 0 Å². The quantitative estimate of drug-likeness (QED) is 0.887.